The average Bonchev–Trinajstić information content (AvgIpc) is 2.80. The van der Waals surface area contributed by atoms with Crippen molar-refractivity contribution in [3.05, 3.63) is 59.4 Å². The summed E-state index contributed by atoms with van der Waals surface area (Å²) in [7, 11) is -2.50. The van der Waals surface area contributed by atoms with Gasteiger partial charge in [0, 0.05) is 18.7 Å². The molecular weight excluding hydrogens is 473 g/mol. The molecule has 0 spiro atoms. The maximum absolute atomic E-state index is 14.4. The molecule has 2 aromatic carbocycles. The maximum Gasteiger partial charge on any atom is 0.244 e. The third-order valence-corrected chi connectivity index (χ3v) is 6.70. The van der Waals surface area contributed by atoms with Crippen LogP contribution >= 0.6 is 0 Å². The SMILES string of the molecule is CCCCNC(=O)C(C)N(Cc1ccccc1F)C(=O)CN(c1cc(C)ccc1OC)S(C)(=O)=O. The van der Waals surface area contributed by atoms with Gasteiger partial charge in [0.25, 0.3) is 0 Å². The molecule has 0 aliphatic carbocycles. The molecule has 0 saturated carbocycles. The van der Waals surface area contributed by atoms with E-state index in [2.05, 4.69) is 5.32 Å². The van der Waals surface area contributed by atoms with E-state index in [0.717, 1.165) is 29.0 Å². The first-order valence-corrected chi connectivity index (χ1v) is 13.3. The molecule has 2 aromatic rings. The highest BCUT2D eigenvalue weighted by atomic mass is 32.2. The predicted molar refractivity (Wildman–Crippen MR) is 134 cm³/mol. The van der Waals surface area contributed by atoms with E-state index in [9.17, 15) is 22.4 Å². The zero-order chi connectivity index (χ0) is 26.2. The van der Waals surface area contributed by atoms with E-state index in [-0.39, 0.29) is 23.5 Å². The highest BCUT2D eigenvalue weighted by Gasteiger charge is 2.31. The molecule has 192 valence electrons. The minimum absolute atomic E-state index is 0.198. The van der Waals surface area contributed by atoms with Gasteiger partial charge in [0.2, 0.25) is 21.8 Å². The Bertz CT molecular complexity index is 1140. The van der Waals surface area contributed by atoms with Gasteiger partial charge in [0.05, 0.1) is 19.1 Å². The average molecular weight is 508 g/mol. The lowest BCUT2D eigenvalue weighted by Crippen LogP contribution is -2.51. The third-order valence-electron chi connectivity index (χ3n) is 5.58. The number of benzene rings is 2. The van der Waals surface area contributed by atoms with E-state index in [4.69, 9.17) is 4.74 Å². The molecule has 1 unspecified atom stereocenters. The standard InChI is InChI=1S/C25H34FN3O5S/c1-6-7-14-27-25(31)19(3)28(16-20-10-8-9-11-21(20)26)24(30)17-29(35(5,32)33)22-15-18(2)12-13-23(22)34-4/h8-13,15,19H,6-7,14,16-17H2,1-5H3,(H,27,31). The lowest BCUT2D eigenvalue weighted by Gasteiger charge is -2.32. The Morgan fingerprint density at radius 1 is 1.17 bits per heavy atom. The molecule has 0 radical (unpaired) electrons. The molecule has 0 aliphatic rings. The molecule has 0 fully saturated rings. The summed E-state index contributed by atoms with van der Waals surface area (Å²) in [6, 6.07) is 9.98. The Morgan fingerprint density at radius 3 is 2.46 bits per heavy atom. The van der Waals surface area contributed by atoms with Crippen molar-refractivity contribution in [3.63, 3.8) is 0 Å². The molecular formula is C25H34FN3O5S. The first-order chi connectivity index (χ1) is 16.5. The first-order valence-electron chi connectivity index (χ1n) is 11.4. The second-order valence-electron chi connectivity index (χ2n) is 8.38. The van der Waals surface area contributed by atoms with E-state index >= 15 is 0 Å². The summed E-state index contributed by atoms with van der Waals surface area (Å²) >= 11 is 0. The number of hydrogen-bond donors (Lipinski definition) is 1. The number of methoxy groups -OCH3 is 1. The Morgan fingerprint density at radius 2 is 1.86 bits per heavy atom. The number of halogens is 1. The Balaban J connectivity index is 2.43. The number of anilines is 1. The number of amides is 2. The molecule has 2 rings (SSSR count). The molecule has 0 aliphatic heterocycles. The number of nitrogens with one attached hydrogen (secondary N) is 1. The van der Waals surface area contributed by atoms with E-state index in [1.54, 1.807) is 31.2 Å². The van der Waals surface area contributed by atoms with Gasteiger partial charge in [-0.25, -0.2) is 12.8 Å². The van der Waals surface area contributed by atoms with Gasteiger partial charge in [-0.2, -0.15) is 0 Å². The smallest absolute Gasteiger partial charge is 0.244 e. The molecule has 0 bridgehead atoms. The number of nitrogens with zero attached hydrogens (tertiary/aromatic N) is 2. The third kappa shape index (κ3) is 7.68. The summed E-state index contributed by atoms with van der Waals surface area (Å²) in [4.78, 5) is 27.5. The predicted octanol–water partition coefficient (Wildman–Crippen LogP) is 3.24. The van der Waals surface area contributed by atoms with Gasteiger partial charge in [-0.3, -0.25) is 13.9 Å². The Labute approximate surface area is 207 Å². The number of ether oxygens (including phenoxy) is 1. The van der Waals surface area contributed by atoms with Gasteiger partial charge in [0.15, 0.2) is 0 Å². The van der Waals surface area contributed by atoms with Crippen molar-refractivity contribution in [2.24, 2.45) is 0 Å². The van der Waals surface area contributed by atoms with E-state index < -0.39 is 40.2 Å². The normalized spacial score (nSPS) is 12.1. The van der Waals surface area contributed by atoms with Crippen molar-refractivity contribution < 1.29 is 27.1 Å². The number of aryl methyl sites for hydroxylation is 1. The second kappa shape index (κ2) is 12.5. The van der Waals surface area contributed by atoms with Crippen LogP contribution in [0.4, 0.5) is 10.1 Å². The molecule has 0 heterocycles. The number of sulfonamides is 1. The summed E-state index contributed by atoms with van der Waals surface area (Å²) in [5.41, 5.74) is 1.19. The number of carbonyl (C=O) groups excluding carboxylic acids is 2. The van der Waals surface area contributed by atoms with Crippen LogP contribution in [-0.2, 0) is 26.2 Å². The number of unbranched alkanes of at least 4 members (excludes halogenated alkanes) is 1. The van der Waals surface area contributed by atoms with Crippen molar-refractivity contribution in [1.29, 1.82) is 0 Å². The van der Waals surface area contributed by atoms with Crippen LogP contribution in [0.3, 0.4) is 0 Å². The molecule has 10 heteroatoms. The van der Waals surface area contributed by atoms with Gasteiger partial charge in [0.1, 0.15) is 24.2 Å². The van der Waals surface area contributed by atoms with Crippen molar-refractivity contribution in [3.8, 4) is 5.75 Å². The highest BCUT2D eigenvalue weighted by molar-refractivity contribution is 7.92. The van der Waals surface area contributed by atoms with Gasteiger partial charge < -0.3 is 15.0 Å². The highest BCUT2D eigenvalue weighted by Crippen LogP contribution is 2.31. The largest absolute Gasteiger partial charge is 0.495 e. The topological polar surface area (TPSA) is 96.0 Å². The number of hydrogen-bond acceptors (Lipinski definition) is 5. The summed E-state index contributed by atoms with van der Waals surface area (Å²) in [6.45, 7) is 4.98. The zero-order valence-electron chi connectivity index (χ0n) is 20.9. The fourth-order valence-corrected chi connectivity index (χ4v) is 4.36. The van der Waals surface area contributed by atoms with E-state index in [0.29, 0.717) is 6.54 Å². The fraction of sp³-hybridized carbons (Fsp3) is 0.440. The van der Waals surface area contributed by atoms with Crippen LogP contribution in [0.25, 0.3) is 0 Å². The van der Waals surface area contributed by atoms with Crippen LogP contribution in [0, 0.1) is 12.7 Å². The number of carbonyl (C=O) groups is 2. The zero-order valence-corrected chi connectivity index (χ0v) is 21.7. The second-order valence-corrected chi connectivity index (χ2v) is 10.3. The van der Waals surface area contributed by atoms with E-state index in [1.807, 2.05) is 6.92 Å². The minimum Gasteiger partial charge on any atom is -0.495 e. The van der Waals surface area contributed by atoms with E-state index in [1.165, 1.54) is 37.1 Å². The molecule has 8 nitrogen and oxygen atoms in total. The van der Waals surface area contributed by atoms with Gasteiger partial charge in [-0.15, -0.1) is 0 Å². The Kier molecular flexibility index (Phi) is 10.1. The summed E-state index contributed by atoms with van der Waals surface area (Å²) in [6.07, 6.45) is 2.65. The summed E-state index contributed by atoms with van der Waals surface area (Å²) in [5.74, 6) is -1.30. The molecule has 2 amide bonds. The minimum atomic E-state index is -3.91. The first kappa shape index (κ1) is 28.1. The monoisotopic (exact) mass is 507 g/mol. The van der Waals surface area contributed by atoms with Crippen molar-refractivity contribution >= 4 is 27.5 Å². The van der Waals surface area contributed by atoms with Crippen molar-refractivity contribution in [1.82, 2.24) is 10.2 Å². The Hall–Kier alpha value is -3.14. The van der Waals surface area contributed by atoms with Crippen molar-refractivity contribution in [2.75, 3.05) is 30.8 Å². The maximum atomic E-state index is 14.4. The van der Waals surface area contributed by atoms with Crippen LogP contribution < -0.4 is 14.4 Å². The molecule has 0 aromatic heterocycles. The number of rotatable bonds is 12. The quantitative estimate of drug-likeness (QED) is 0.445. The van der Waals surface area contributed by atoms with Crippen LogP contribution in [-0.4, -0.2) is 57.6 Å². The summed E-state index contributed by atoms with van der Waals surface area (Å²) < 4.78 is 46.1. The molecule has 0 saturated heterocycles. The van der Waals surface area contributed by atoms with Crippen LogP contribution in [0.5, 0.6) is 5.75 Å². The van der Waals surface area contributed by atoms with Crippen LogP contribution in [0.1, 0.15) is 37.8 Å². The van der Waals surface area contributed by atoms with Crippen LogP contribution in [0.15, 0.2) is 42.5 Å². The van der Waals surface area contributed by atoms with Gasteiger partial charge >= 0.3 is 0 Å². The molecule has 1 N–H and O–H groups in total. The lowest BCUT2D eigenvalue weighted by atomic mass is 10.1. The summed E-state index contributed by atoms with van der Waals surface area (Å²) in [5, 5.41) is 2.78. The fourth-order valence-electron chi connectivity index (χ4n) is 3.52. The lowest BCUT2D eigenvalue weighted by molar-refractivity contribution is -0.139. The van der Waals surface area contributed by atoms with Gasteiger partial charge in [-0.05, 0) is 44.0 Å². The molecule has 1 atom stereocenters. The van der Waals surface area contributed by atoms with Crippen LogP contribution in [0.2, 0.25) is 0 Å². The molecule has 35 heavy (non-hydrogen) atoms. The van der Waals surface area contributed by atoms with Gasteiger partial charge in [-0.1, -0.05) is 37.6 Å². The van der Waals surface area contributed by atoms with Crippen molar-refractivity contribution in [2.45, 2.75) is 46.2 Å².